The fourth-order valence-corrected chi connectivity index (χ4v) is 0.400. The van der Waals surface area contributed by atoms with Crippen molar-refractivity contribution in [3.63, 3.8) is 0 Å². The zero-order valence-corrected chi connectivity index (χ0v) is 5.61. The van der Waals surface area contributed by atoms with Crippen LogP contribution in [0.25, 0.3) is 0 Å². The average Bonchev–Trinajstić information content (AvgIpc) is 1.80. The van der Waals surface area contributed by atoms with Gasteiger partial charge >= 0.3 is 12.1 Å². The first-order chi connectivity index (χ1) is 4.83. The van der Waals surface area contributed by atoms with Crippen LogP contribution in [-0.2, 0) is 4.79 Å². The van der Waals surface area contributed by atoms with Crippen LogP contribution in [0, 0.1) is 0 Å². The van der Waals surface area contributed by atoms with Crippen LogP contribution < -0.4 is 0 Å². The standard InChI is InChI=1S/C6H7F3O2/c1-4(5(10)11)2-3-6(7,8)9/h1-3H2,(H,10,11). The van der Waals surface area contributed by atoms with Crippen LogP contribution in [0.15, 0.2) is 12.2 Å². The molecule has 0 amide bonds. The molecule has 0 unspecified atom stereocenters. The van der Waals surface area contributed by atoms with Crippen molar-refractivity contribution in [3.8, 4) is 0 Å². The molecule has 0 aliphatic rings. The molecule has 0 rings (SSSR count). The van der Waals surface area contributed by atoms with E-state index in [0.717, 1.165) is 0 Å². The number of halogens is 3. The normalized spacial score (nSPS) is 11.2. The molecule has 0 aromatic rings. The summed E-state index contributed by atoms with van der Waals surface area (Å²) in [6.07, 6.45) is -5.98. The van der Waals surface area contributed by atoms with Crippen LogP contribution in [0.3, 0.4) is 0 Å². The fourth-order valence-electron chi connectivity index (χ4n) is 0.400. The quantitative estimate of drug-likeness (QED) is 0.654. The average molecular weight is 168 g/mol. The van der Waals surface area contributed by atoms with Crippen molar-refractivity contribution in [2.75, 3.05) is 0 Å². The molecule has 0 aliphatic heterocycles. The molecule has 1 N–H and O–H groups in total. The predicted octanol–water partition coefficient (Wildman–Crippen LogP) is 1.97. The first-order valence-corrected chi connectivity index (χ1v) is 2.81. The molecule has 0 fully saturated rings. The van der Waals surface area contributed by atoms with E-state index in [2.05, 4.69) is 6.58 Å². The van der Waals surface area contributed by atoms with Crippen LogP contribution >= 0.6 is 0 Å². The summed E-state index contributed by atoms with van der Waals surface area (Å²) in [6, 6.07) is 0. The third kappa shape index (κ3) is 5.44. The van der Waals surface area contributed by atoms with Crippen molar-refractivity contribution < 1.29 is 23.1 Å². The number of hydrogen-bond donors (Lipinski definition) is 1. The summed E-state index contributed by atoms with van der Waals surface area (Å²) in [5, 5.41) is 8.11. The molecule has 11 heavy (non-hydrogen) atoms. The summed E-state index contributed by atoms with van der Waals surface area (Å²) in [4.78, 5) is 9.95. The van der Waals surface area contributed by atoms with Gasteiger partial charge in [0.1, 0.15) is 0 Å². The monoisotopic (exact) mass is 168 g/mol. The SMILES string of the molecule is C=C(CCC(F)(F)F)C(=O)O. The van der Waals surface area contributed by atoms with Crippen molar-refractivity contribution in [3.05, 3.63) is 12.2 Å². The maximum absolute atomic E-state index is 11.4. The molecular weight excluding hydrogens is 161 g/mol. The smallest absolute Gasteiger partial charge is 0.389 e. The van der Waals surface area contributed by atoms with Crippen molar-refractivity contribution in [1.29, 1.82) is 0 Å². The van der Waals surface area contributed by atoms with Gasteiger partial charge in [-0.25, -0.2) is 4.79 Å². The lowest BCUT2D eigenvalue weighted by Crippen LogP contribution is -2.09. The van der Waals surface area contributed by atoms with Gasteiger partial charge in [-0.05, 0) is 6.42 Å². The van der Waals surface area contributed by atoms with E-state index in [1.807, 2.05) is 0 Å². The van der Waals surface area contributed by atoms with Gasteiger partial charge in [-0.2, -0.15) is 13.2 Å². The molecule has 0 saturated carbocycles. The van der Waals surface area contributed by atoms with Crippen molar-refractivity contribution >= 4 is 5.97 Å². The minimum atomic E-state index is -4.31. The predicted molar refractivity (Wildman–Crippen MR) is 32.1 cm³/mol. The van der Waals surface area contributed by atoms with Crippen LogP contribution in [0.5, 0.6) is 0 Å². The molecule has 0 saturated heterocycles. The van der Waals surface area contributed by atoms with Gasteiger partial charge in [0.2, 0.25) is 0 Å². The largest absolute Gasteiger partial charge is 0.478 e. The van der Waals surface area contributed by atoms with Crippen LogP contribution in [0.2, 0.25) is 0 Å². The first-order valence-electron chi connectivity index (χ1n) is 2.81. The van der Waals surface area contributed by atoms with E-state index < -0.39 is 30.6 Å². The third-order valence-electron chi connectivity index (χ3n) is 1.01. The Morgan fingerprint density at radius 3 is 2.18 bits per heavy atom. The highest BCUT2D eigenvalue weighted by atomic mass is 19.4. The van der Waals surface area contributed by atoms with E-state index in [1.54, 1.807) is 0 Å². The molecule has 0 atom stereocenters. The summed E-state index contributed by atoms with van der Waals surface area (Å²) in [7, 11) is 0. The Balaban J connectivity index is 3.73. The first kappa shape index (κ1) is 10.0. The van der Waals surface area contributed by atoms with Gasteiger partial charge in [0, 0.05) is 12.0 Å². The Bertz CT molecular complexity index is 171. The molecule has 0 aromatic heterocycles. The molecule has 2 nitrogen and oxygen atoms in total. The second-order valence-electron chi connectivity index (χ2n) is 2.02. The Labute approximate surface area is 61.3 Å². The zero-order valence-electron chi connectivity index (χ0n) is 5.61. The van der Waals surface area contributed by atoms with Crippen molar-refractivity contribution in [2.45, 2.75) is 19.0 Å². The molecule has 0 heterocycles. The van der Waals surface area contributed by atoms with Gasteiger partial charge in [0.05, 0.1) is 0 Å². The van der Waals surface area contributed by atoms with E-state index in [9.17, 15) is 18.0 Å². The lowest BCUT2D eigenvalue weighted by molar-refractivity contribution is -0.137. The van der Waals surface area contributed by atoms with Crippen LogP contribution in [0.4, 0.5) is 13.2 Å². The fraction of sp³-hybridized carbons (Fsp3) is 0.500. The summed E-state index contributed by atoms with van der Waals surface area (Å²) in [6.45, 7) is 2.96. The molecule has 5 heteroatoms. The van der Waals surface area contributed by atoms with E-state index in [0.29, 0.717) is 0 Å². The van der Waals surface area contributed by atoms with Gasteiger partial charge in [-0.3, -0.25) is 0 Å². The van der Waals surface area contributed by atoms with Crippen LogP contribution in [-0.4, -0.2) is 17.3 Å². The number of carboxylic acid groups (broad SMARTS) is 1. The summed E-state index contributed by atoms with van der Waals surface area (Å²) < 4.78 is 34.3. The van der Waals surface area contributed by atoms with Gasteiger partial charge in [0.15, 0.2) is 0 Å². The summed E-state index contributed by atoms with van der Waals surface area (Å²) in [5.74, 6) is -1.38. The highest BCUT2D eigenvalue weighted by Gasteiger charge is 2.27. The van der Waals surface area contributed by atoms with Crippen LogP contribution in [0.1, 0.15) is 12.8 Å². The number of hydrogen-bond acceptors (Lipinski definition) is 1. The van der Waals surface area contributed by atoms with Crippen molar-refractivity contribution in [2.24, 2.45) is 0 Å². The highest BCUT2D eigenvalue weighted by Crippen LogP contribution is 2.23. The Hall–Kier alpha value is -1.00. The Morgan fingerprint density at radius 2 is 1.91 bits per heavy atom. The number of aliphatic carboxylic acids is 1. The lowest BCUT2D eigenvalue weighted by Gasteiger charge is -2.04. The van der Waals surface area contributed by atoms with E-state index in [4.69, 9.17) is 5.11 Å². The Morgan fingerprint density at radius 1 is 1.45 bits per heavy atom. The van der Waals surface area contributed by atoms with Gasteiger partial charge < -0.3 is 5.11 Å². The molecule has 0 radical (unpaired) electrons. The zero-order chi connectivity index (χ0) is 9.07. The van der Waals surface area contributed by atoms with Gasteiger partial charge in [-0.1, -0.05) is 6.58 Å². The maximum atomic E-state index is 11.4. The molecule has 0 bridgehead atoms. The molecule has 0 aromatic carbocycles. The number of rotatable bonds is 3. The van der Waals surface area contributed by atoms with Gasteiger partial charge in [0.25, 0.3) is 0 Å². The Kier molecular flexibility index (Phi) is 3.10. The minimum absolute atomic E-state index is 0.415. The summed E-state index contributed by atoms with van der Waals surface area (Å²) >= 11 is 0. The van der Waals surface area contributed by atoms with E-state index in [-0.39, 0.29) is 0 Å². The second kappa shape index (κ2) is 3.41. The van der Waals surface area contributed by atoms with E-state index >= 15 is 0 Å². The lowest BCUT2D eigenvalue weighted by atomic mass is 10.2. The number of carbonyl (C=O) groups is 1. The molecular formula is C6H7F3O2. The number of alkyl halides is 3. The number of carboxylic acids is 1. The highest BCUT2D eigenvalue weighted by molar-refractivity contribution is 5.85. The van der Waals surface area contributed by atoms with Crippen molar-refractivity contribution in [1.82, 2.24) is 0 Å². The maximum Gasteiger partial charge on any atom is 0.389 e. The van der Waals surface area contributed by atoms with E-state index in [1.165, 1.54) is 0 Å². The third-order valence-corrected chi connectivity index (χ3v) is 1.01. The topological polar surface area (TPSA) is 37.3 Å². The van der Waals surface area contributed by atoms with Gasteiger partial charge in [-0.15, -0.1) is 0 Å². The molecule has 0 aliphatic carbocycles. The second-order valence-corrected chi connectivity index (χ2v) is 2.02. The molecule has 0 spiro atoms. The molecule has 64 valence electrons. The summed E-state index contributed by atoms with van der Waals surface area (Å²) in [5.41, 5.74) is -0.415. The minimum Gasteiger partial charge on any atom is -0.478 e.